The van der Waals surface area contributed by atoms with Crippen molar-refractivity contribution in [1.29, 1.82) is 0 Å². The van der Waals surface area contributed by atoms with Crippen LogP contribution in [0.2, 0.25) is 0 Å². The van der Waals surface area contributed by atoms with Crippen molar-refractivity contribution < 1.29 is 24.2 Å². The van der Waals surface area contributed by atoms with Crippen LogP contribution in [-0.2, 0) is 9.53 Å². The second-order valence-electron chi connectivity index (χ2n) is 6.54. The average molecular weight is 379 g/mol. The van der Waals surface area contributed by atoms with E-state index in [1.807, 2.05) is 30.3 Å². The van der Waals surface area contributed by atoms with Crippen molar-refractivity contribution in [2.45, 2.75) is 26.2 Å². The third-order valence-electron chi connectivity index (χ3n) is 4.72. The lowest BCUT2D eigenvalue weighted by Gasteiger charge is -2.13. The number of benzene rings is 2. The van der Waals surface area contributed by atoms with Gasteiger partial charge in [0.15, 0.2) is 5.78 Å². The normalized spacial score (nSPS) is 11.9. The van der Waals surface area contributed by atoms with E-state index in [-0.39, 0.29) is 29.9 Å². The summed E-state index contributed by atoms with van der Waals surface area (Å²) >= 11 is 0. The van der Waals surface area contributed by atoms with Gasteiger partial charge in [0.2, 0.25) is 0 Å². The molecule has 0 aliphatic rings. The topological polar surface area (TPSA) is 96.5 Å². The molecule has 2 N–H and O–H groups in total. The molecule has 6 nitrogen and oxygen atoms in total. The fourth-order valence-electron chi connectivity index (χ4n) is 3.29. The molecule has 0 fully saturated rings. The predicted octanol–water partition coefficient (Wildman–Crippen LogP) is 4.09. The van der Waals surface area contributed by atoms with Crippen LogP contribution in [0.25, 0.3) is 10.8 Å². The van der Waals surface area contributed by atoms with Gasteiger partial charge in [-0.2, -0.15) is 0 Å². The van der Waals surface area contributed by atoms with E-state index in [1.165, 1.54) is 6.20 Å². The molecule has 144 valence electrons. The van der Waals surface area contributed by atoms with E-state index in [2.05, 4.69) is 4.98 Å². The van der Waals surface area contributed by atoms with Gasteiger partial charge in [-0.05, 0) is 36.2 Å². The number of H-pyrrole nitrogens is 1. The first-order valence-corrected chi connectivity index (χ1v) is 9.02. The number of Topliss-reactive ketones (excluding diaryl/α,β-unsaturated/α-hetero) is 1. The van der Waals surface area contributed by atoms with Gasteiger partial charge in [-0.1, -0.05) is 36.4 Å². The van der Waals surface area contributed by atoms with Gasteiger partial charge >= 0.3 is 11.9 Å². The number of carbonyl (C=O) groups excluding carboxylic acids is 2. The fraction of sp³-hybridized carbons (Fsp3) is 0.227. The molecule has 2 aromatic carbocycles. The molecular weight excluding hydrogens is 358 g/mol. The van der Waals surface area contributed by atoms with E-state index in [9.17, 15) is 19.5 Å². The summed E-state index contributed by atoms with van der Waals surface area (Å²) in [6.45, 7) is 3.52. The summed E-state index contributed by atoms with van der Waals surface area (Å²) in [7, 11) is 0. The van der Waals surface area contributed by atoms with Gasteiger partial charge in [0.1, 0.15) is 0 Å². The third kappa shape index (κ3) is 3.81. The van der Waals surface area contributed by atoms with Gasteiger partial charge in [0.05, 0.1) is 18.1 Å². The Morgan fingerprint density at radius 3 is 2.50 bits per heavy atom. The van der Waals surface area contributed by atoms with Crippen LogP contribution in [0, 0.1) is 6.92 Å². The number of hydrogen-bond donors (Lipinski definition) is 2. The summed E-state index contributed by atoms with van der Waals surface area (Å²) in [6, 6.07) is 12.9. The minimum atomic E-state index is -1.17. The van der Waals surface area contributed by atoms with E-state index < -0.39 is 17.9 Å². The predicted molar refractivity (Wildman–Crippen MR) is 105 cm³/mol. The Kier molecular flexibility index (Phi) is 5.59. The molecule has 1 atom stereocenters. The van der Waals surface area contributed by atoms with Crippen molar-refractivity contribution in [2.24, 2.45) is 0 Å². The quantitative estimate of drug-likeness (QED) is 0.476. The number of nitrogens with one attached hydrogen (secondary N) is 1. The highest BCUT2D eigenvalue weighted by atomic mass is 16.5. The maximum atomic E-state index is 12.8. The Hall–Kier alpha value is -3.41. The number of aliphatic carboxylic acids is 1. The van der Waals surface area contributed by atoms with E-state index in [4.69, 9.17) is 4.74 Å². The molecule has 0 aliphatic heterocycles. The fourth-order valence-corrected chi connectivity index (χ4v) is 3.29. The van der Waals surface area contributed by atoms with Crippen LogP contribution in [0.4, 0.5) is 0 Å². The molecule has 3 rings (SSSR count). The monoisotopic (exact) mass is 379 g/mol. The second kappa shape index (κ2) is 8.08. The molecule has 0 spiro atoms. The zero-order valence-corrected chi connectivity index (χ0v) is 15.7. The minimum absolute atomic E-state index is 0.177. The zero-order valence-electron chi connectivity index (χ0n) is 15.7. The third-order valence-corrected chi connectivity index (χ3v) is 4.72. The van der Waals surface area contributed by atoms with Crippen LogP contribution in [0.3, 0.4) is 0 Å². The van der Waals surface area contributed by atoms with Crippen LogP contribution in [0.5, 0.6) is 0 Å². The Labute approximate surface area is 162 Å². The highest BCUT2D eigenvalue weighted by molar-refractivity contribution is 6.03. The molecule has 0 amide bonds. The van der Waals surface area contributed by atoms with Gasteiger partial charge in [-0.15, -0.1) is 0 Å². The number of aryl methyl sites for hydroxylation is 1. The zero-order chi connectivity index (χ0) is 20.3. The summed E-state index contributed by atoms with van der Waals surface area (Å²) in [5.74, 6) is -3.21. The molecule has 1 aromatic heterocycles. The van der Waals surface area contributed by atoms with Crippen LogP contribution < -0.4 is 0 Å². The number of carbonyl (C=O) groups is 3. The highest BCUT2D eigenvalue weighted by Gasteiger charge is 2.30. The number of ketones is 1. The SMILES string of the molecule is CCOC(=O)c1c([C@H](CC(=O)c2ccc3ccccc3c2)C(=O)O)c[nH]c1C. The molecule has 3 aromatic rings. The van der Waals surface area contributed by atoms with Crippen molar-refractivity contribution >= 4 is 28.5 Å². The molecule has 1 heterocycles. The lowest BCUT2D eigenvalue weighted by molar-refractivity contribution is -0.138. The number of carboxylic acids is 1. The van der Waals surface area contributed by atoms with Crippen LogP contribution in [-0.4, -0.2) is 34.4 Å². The Balaban J connectivity index is 1.92. The maximum Gasteiger partial charge on any atom is 0.340 e. The standard InChI is InChI=1S/C22H21NO5/c1-3-28-22(27)20-13(2)23-12-18(20)17(21(25)26)11-19(24)16-9-8-14-6-4-5-7-15(14)10-16/h4-10,12,17,23H,3,11H2,1-2H3,(H,25,26)/t17-/m0/s1. The molecular formula is C22H21NO5. The van der Waals surface area contributed by atoms with Crippen LogP contribution in [0.15, 0.2) is 48.7 Å². The molecule has 0 aliphatic carbocycles. The van der Waals surface area contributed by atoms with Crippen molar-refractivity contribution in [3.8, 4) is 0 Å². The van der Waals surface area contributed by atoms with Crippen LogP contribution >= 0.6 is 0 Å². The number of aromatic nitrogens is 1. The lowest BCUT2D eigenvalue weighted by Crippen LogP contribution is -2.19. The largest absolute Gasteiger partial charge is 0.481 e. The highest BCUT2D eigenvalue weighted by Crippen LogP contribution is 2.29. The number of rotatable bonds is 7. The van der Waals surface area contributed by atoms with E-state index in [1.54, 1.807) is 26.0 Å². The first kappa shape index (κ1) is 19.4. The minimum Gasteiger partial charge on any atom is -0.481 e. The van der Waals surface area contributed by atoms with E-state index in [0.29, 0.717) is 11.3 Å². The number of fused-ring (bicyclic) bond motifs is 1. The molecule has 28 heavy (non-hydrogen) atoms. The number of ether oxygens (including phenoxy) is 1. The second-order valence-corrected chi connectivity index (χ2v) is 6.54. The smallest absolute Gasteiger partial charge is 0.340 e. The van der Waals surface area contributed by atoms with Crippen molar-refractivity contribution in [3.63, 3.8) is 0 Å². The van der Waals surface area contributed by atoms with Crippen molar-refractivity contribution in [1.82, 2.24) is 4.98 Å². The molecule has 0 bridgehead atoms. The Morgan fingerprint density at radius 1 is 1.11 bits per heavy atom. The van der Waals surface area contributed by atoms with Crippen LogP contribution in [0.1, 0.15) is 51.2 Å². The summed E-state index contributed by atoms with van der Waals surface area (Å²) < 4.78 is 5.04. The molecule has 0 saturated carbocycles. The lowest BCUT2D eigenvalue weighted by atomic mass is 9.90. The summed E-state index contributed by atoms with van der Waals surface area (Å²) in [5, 5.41) is 11.6. The summed E-state index contributed by atoms with van der Waals surface area (Å²) in [5.41, 5.74) is 1.39. The maximum absolute atomic E-state index is 12.8. The average Bonchev–Trinajstić information content (AvgIpc) is 3.06. The molecule has 0 saturated heterocycles. The number of hydrogen-bond acceptors (Lipinski definition) is 4. The summed E-state index contributed by atoms with van der Waals surface area (Å²) in [6.07, 6.45) is 1.21. The number of carboxylic acid groups (broad SMARTS) is 1. The van der Waals surface area contributed by atoms with Crippen molar-refractivity contribution in [3.05, 3.63) is 71.0 Å². The van der Waals surface area contributed by atoms with E-state index in [0.717, 1.165) is 10.8 Å². The van der Waals surface area contributed by atoms with Gasteiger partial charge in [0, 0.05) is 23.9 Å². The molecule has 0 unspecified atom stereocenters. The number of esters is 1. The van der Waals surface area contributed by atoms with E-state index >= 15 is 0 Å². The Bertz CT molecular complexity index is 1050. The first-order valence-electron chi connectivity index (χ1n) is 9.02. The van der Waals surface area contributed by atoms with Gasteiger partial charge in [-0.25, -0.2) is 4.79 Å². The molecule has 0 radical (unpaired) electrons. The number of aromatic amines is 1. The summed E-state index contributed by atoms with van der Waals surface area (Å²) in [4.78, 5) is 39.8. The van der Waals surface area contributed by atoms with Gasteiger partial charge in [0.25, 0.3) is 0 Å². The molecule has 6 heteroatoms. The van der Waals surface area contributed by atoms with Gasteiger partial charge < -0.3 is 14.8 Å². The van der Waals surface area contributed by atoms with Crippen molar-refractivity contribution in [2.75, 3.05) is 6.61 Å². The van der Waals surface area contributed by atoms with Gasteiger partial charge in [-0.3, -0.25) is 9.59 Å². The Morgan fingerprint density at radius 2 is 1.82 bits per heavy atom. The first-order chi connectivity index (χ1) is 13.4.